The summed E-state index contributed by atoms with van der Waals surface area (Å²) in [6, 6.07) is 18.6. The highest BCUT2D eigenvalue weighted by molar-refractivity contribution is 8.20. The Balaban J connectivity index is 1.90. The number of benzene rings is 2. The molecule has 0 aromatic heterocycles. The minimum atomic E-state index is -0.995. The van der Waals surface area contributed by atoms with Crippen LogP contribution in [0.1, 0.15) is 44.4 Å². The second-order valence-corrected chi connectivity index (χ2v) is 11.2. The van der Waals surface area contributed by atoms with Gasteiger partial charge in [0.25, 0.3) is 0 Å². The van der Waals surface area contributed by atoms with Gasteiger partial charge in [-0.1, -0.05) is 60.7 Å². The molecule has 2 aromatic rings. The van der Waals surface area contributed by atoms with Crippen molar-refractivity contribution in [2.45, 2.75) is 49.5 Å². The molecule has 1 atom stereocenters. The van der Waals surface area contributed by atoms with Gasteiger partial charge in [-0.25, -0.2) is 9.59 Å². The lowest BCUT2D eigenvalue weighted by Crippen LogP contribution is -2.50. The number of esters is 1. The third-order valence-electron chi connectivity index (χ3n) is 4.59. The summed E-state index contributed by atoms with van der Waals surface area (Å²) >= 11 is 3.07. The third kappa shape index (κ3) is 6.43. The molecule has 3 rings (SSSR count). The van der Waals surface area contributed by atoms with Crippen molar-refractivity contribution in [1.82, 2.24) is 5.32 Å². The number of hydrogen-bond acceptors (Lipinski definition) is 6. The van der Waals surface area contributed by atoms with Crippen LogP contribution in [0.2, 0.25) is 0 Å². The van der Waals surface area contributed by atoms with E-state index in [-0.39, 0.29) is 12.6 Å². The smallest absolute Gasteiger partial charge is 0.408 e. The van der Waals surface area contributed by atoms with Crippen LogP contribution < -0.4 is 5.32 Å². The van der Waals surface area contributed by atoms with Crippen LogP contribution in [0.5, 0.6) is 0 Å². The van der Waals surface area contributed by atoms with Gasteiger partial charge in [0.1, 0.15) is 12.2 Å². The fraction of sp³-hybridized carbons (Fsp3) is 0.417. The van der Waals surface area contributed by atoms with Crippen LogP contribution in [0.4, 0.5) is 4.79 Å². The molecule has 1 fully saturated rings. The van der Waals surface area contributed by atoms with Gasteiger partial charge in [-0.15, -0.1) is 23.5 Å². The minimum Gasteiger partial charge on any atom is -0.459 e. The lowest BCUT2D eigenvalue weighted by molar-refractivity contribution is -0.146. The van der Waals surface area contributed by atoms with E-state index in [0.29, 0.717) is 0 Å². The normalized spacial score (nSPS) is 16.7. The number of alkyl carbamates (subject to hydrolysis) is 1. The Morgan fingerprint density at radius 1 is 1.00 bits per heavy atom. The van der Waals surface area contributed by atoms with E-state index in [1.807, 2.05) is 81.4 Å². The average Bonchev–Trinajstić information content (AvgIpc) is 2.76. The van der Waals surface area contributed by atoms with Crippen molar-refractivity contribution in [2.24, 2.45) is 0 Å². The molecule has 1 aliphatic heterocycles. The number of rotatable bonds is 6. The van der Waals surface area contributed by atoms with Crippen LogP contribution in [0.3, 0.4) is 0 Å². The van der Waals surface area contributed by atoms with Crippen molar-refractivity contribution in [3.63, 3.8) is 0 Å². The molecule has 1 heterocycles. The monoisotopic (exact) mass is 459 g/mol. The Morgan fingerprint density at radius 2 is 1.58 bits per heavy atom. The molecule has 0 unspecified atom stereocenters. The van der Waals surface area contributed by atoms with Gasteiger partial charge in [-0.3, -0.25) is 0 Å². The summed E-state index contributed by atoms with van der Waals surface area (Å²) in [5.41, 5.74) is 1.12. The molecular formula is C24H29NO4S2. The van der Waals surface area contributed by atoms with E-state index in [9.17, 15) is 9.59 Å². The van der Waals surface area contributed by atoms with E-state index < -0.39 is 21.8 Å². The fourth-order valence-electron chi connectivity index (χ4n) is 3.24. The molecule has 2 aromatic carbocycles. The van der Waals surface area contributed by atoms with E-state index in [1.54, 1.807) is 0 Å². The van der Waals surface area contributed by atoms with Gasteiger partial charge in [0, 0.05) is 0 Å². The lowest BCUT2D eigenvalue weighted by Gasteiger charge is -2.40. The maximum atomic E-state index is 13.5. The Kier molecular flexibility index (Phi) is 7.94. The van der Waals surface area contributed by atoms with Crippen molar-refractivity contribution in [3.8, 4) is 0 Å². The zero-order valence-electron chi connectivity index (χ0n) is 18.1. The van der Waals surface area contributed by atoms with Gasteiger partial charge < -0.3 is 14.8 Å². The molecule has 1 amide bonds. The number of ether oxygens (including phenoxy) is 2. The van der Waals surface area contributed by atoms with E-state index in [4.69, 9.17) is 9.47 Å². The Hall–Kier alpha value is -2.12. The van der Waals surface area contributed by atoms with Gasteiger partial charge in [-0.05, 0) is 49.8 Å². The molecule has 1 N–H and O–H groups in total. The van der Waals surface area contributed by atoms with Crippen molar-refractivity contribution in [1.29, 1.82) is 0 Å². The number of amides is 1. The summed E-state index contributed by atoms with van der Waals surface area (Å²) < 4.78 is 10.3. The summed E-state index contributed by atoms with van der Waals surface area (Å²) in [6.07, 6.45) is 0.445. The second kappa shape index (κ2) is 10.5. The van der Waals surface area contributed by atoms with Crippen molar-refractivity contribution in [2.75, 3.05) is 11.5 Å². The van der Waals surface area contributed by atoms with Crippen LogP contribution in [-0.2, 0) is 20.9 Å². The molecule has 5 nitrogen and oxygen atoms in total. The topological polar surface area (TPSA) is 64.6 Å². The zero-order chi connectivity index (χ0) is 22.3. The maximum Gasteiger partial charge on any atom is 0.408 e. The lowest BCUT2D eigenvalue weighted by atomic mass is 10.0. The number of thioether (sulfide) groups is 2. The predicted molar refractivity (Wildman–Crippen MR) is 127 cm³/mol. The van der Waals surface area contributed by atoms with Gasteiger partial charge in [-0.2, -0.15) is 0 Å². The highest BCUT2D eigenvalue weighted by atomic mass is 32.2. The molecule has 0 spiro atoms. The Morgan fingerprint density at radius 3 is 2.16 bits per heavy atom. The highest BCUT2D eigenvalue weighted by Crippen LogP contribution is 2.51. The molecule has 1 aliphatic rings. The Labute approximate surface area is 192 Å². The number of carbonyl (C=O) groups is 2. The summed E-state index contributed by atoms with van der Waals surface area (Å²) in [5, 5.41) is 2.98. The average molecular weight is 460 g/mol. The maximum absolute atomic E-state index is 13.5. The van der Waals surface area contributed by atoms with Gasteiger partial charge >= 0.3 is 12.1 Å². The fourth-order valence-corrected chi connectivity index (χ4v) is 6.52. The largest absolute Gasteiger partial charge is 0.459 e. The summed E-state index contributed by atoms with van der Waals surface area (Å²) in [7, 11) is 0. The van der Waals surface area contributed by atoms with Gasteiger partial charge in [0.2, 0.25) is 0 Å². The predicted octanol–water partition coefficient (Wildman–Crippen LogP) is 5.56. The Bertz CT molecular complexity index is 862. The van der Waals surface area contributed by atoms with Gasteiger partial charge in [0.05, 0.1) is 6.04 Å². The number of hydrogen-bond donors (Lipinski definition) is 1. The summed E-state index contributed by atoms with van der Waals surface area (Å²) in [5.74, 6) is 1.29. The first-order chi connectivity index (χ1) is 14.8. The van der Waals surface area contributed by atoms with Crippen LogP contribution in [-0.4, -0.2) is 33.2 Å². The quantitative estimate of drug-likeness (QED) is 0.571. The molecule has 0 aliphatic carbocycles. The molecule has 31 heavy (non-hydrogen) atoms. The first-order valence-electron chi connectivity index (χ1n) is 10.3. The molecule has 1 saturated heterocycles. The number of carbonyl (C=O) groups excluding carboxylic acids is 2. The third-order valence-corrected chi connectivity index (χ3v) is 7.95. The highest BCUT2D eigenvalue weighted by Gasteiger charge is 2.51. The molecule has 0 saturated carbocycles. The van der Waals surface area contributed by atoms with E-state index in [2.05, 4.69) is 5.32 Å². The van der Waals surface area contributed by atoms with Crippen LogP contribution in [0, 0.1) is 0 Å². The zero-order valence-corrected chi connectivity index (χ0v) is 19.8. The molecule has 7 heteroatoms. The van der Waals surface area contributed by atoms with E-state index >= 15 is 0 Å². The van der Waals surface area contributed by atoms with E-state index in [0.717, 1.165) is 29.1 Å². The molecular weight excluding hydrogens is 430 g/mol. The van der Waals surface area contributed by atoms with Crippen LogP contribution in [0.15, 0.2) is 60.7 Å². The van der Waals surface area contributed by atoms with Crippen LogP contribution in [0.25, 0.3) is 0 Å². The first kappa shape index (κ1) is 23.5. The van der Waals surface area contributed by atoms with Crippen molar-refractivity contribution in [3.05, 3.63) is 71.8 Å². The molecule has 0 radical (unpaired) electrons. The van der Waals surface area contributed by atoms with E-state index in [1.165, 1.54) is 23.5 Å². The van der Waals surface area contributed by atoms with Gasteiger partial charge in [0.15, 0.2) is 4.08 Å². The summed E-state index contributed by atoms with van der Waals surface area (Å²) in [6.45, 7) is 5.64. The molecule has 166 valence electrons. The molecule has 0 bridgehead atoms. The minimum absolute atomic E-state index is 0.191. The summed E-state index contributed by atoms with van der Waals surface area (Å²) in [4.78, 5) is 26.2. The van der Waals surface area contributed by atoms with Crippen molar-refractivity contribution >= 4 is 35.6 Å². The van der Waals surface area contributed by atoms with Crippen LogP contribution >= 0.6 is 23.5 Å². The number of nitrogens with one attached hydrogen (secondary N) is 1. The first-order valence-corrected chi connectivity index (χ1v) is 12.3. The van der Waals surface area contributed by atoms with Crippen molar-refractivity contribution < 1.29 is 19.1 Å². The standard InChI is InChI=1S/C24H29NO4S2/c1-23(2,3)29-22(27)25-20(19-13-8-5-9-14-19)24(30-15-10-16-31-24)21(26)28-17-18-11-6-4-7-12-18/h4-9,11-14,20H,10,15-17H2,1-3H3,(H,25,27)/t20-/m0/s1. The SMILES string of the molecule is CC(C)(C)OC(=O)N[C@@H](c1ccccc1)C1(C(=O)OCc2ccccc2)SCCCS1. The second-order valence-electron chi connectivity index (χ2n) is 8.27.